The van der Waals surface area contributed by atoms with E-state index >= 15 is 0 Å². The van der Waals surface area contributed by atoms with Crippen LogP contribution >= 0.6 is 0 Å². The van der Waals surface area contributed by atoms with Crippen molar-refractivity contribution < 1.29 is 14.6 Å². The summed E-state index contributed by atoms with van der Waals surface area (Å²) in [6, 6.07) is 5.12. The number of nitrogens with zero attached hydrogens (tertiary/aromatic N) is 4. The first-order chi connectivity index (χ1) is 17.0. The van der Waals surface area contributed by atoms with E-state index in [9.17, 15) is 14.7 Å². The van der Waals surface area contributed by atoms with E-state index in [1.54, 1.807) is 30.9 Å². The Morgan fingerprint density at radius 1 is 1.26 bits per heavy atom. The number of aliphatic hydroxyl groups excluding tert-OH is 1. The van der Waals surface area contributed by atoms with E-state index in [0.29, 0.717) is 35.0 Å². The lowest BCUT2D eigenvalue weighted by Crippen LogP contribution is -2.50. The number of aliphatic hydroxyl groups is 1. The Morgan fingerprint density at radius 2 is 2.11 bits per heavy atom. The molecule has 4 atom stereocenters. The van der Waals surface area contributed by atoms with Crippen molar-refractivity contribution in [2.45, 2.75) is 62.8 Å². The van der Waals surface area contributed by atoms with E-state index in [2.05, 4.69) is 26.0 Å². The second-order valence-corrected chi connectivity index (χ2v) is 9.23. The average molecular weight is 482 g/mol. The van der Waals surface area contributed by atoms with Crippen molar-refractivity contribution in [1.82, 2.24) is 24.5 Å². The normalized spacial score (nSPS) is 24.1. The molecule has 5 rings (SSSR count). The fourth-order valence-corrected chi connectivity index (χ4v) is 4.88. The number of fused-ring (bicyclic) bond motifs is 1. The van der Waals surface area contributed by atoms with Crippen LogP contribution in [-0.4, -0.2) is 62.6 Å². The van der Waals surface area contributed by atoms with E-state index in [1.165, 1.54) is 10.7 Å². The first kappa shape index (κ1) is 23.3. The van der Waals surface area contributed by atoms with Gasteiger partial charge in [-0.25, -0.2) is 4.98 Å². The van der Waals surface area contributed by atoms with Gasteiger partial charge in [0.15, 0.2) is 5.65 Å². The average Bonchev–Trinajstić information content (AvgIpc) is 3.31. The third-order valence-electron chi connectivity index (χ3n) is 7.09. The molecular weight excluding hydrogens is 450 g/mol. The third kappa shape index (κ3) is 4.48. The maximum Gasteiger partial charge on any atom is 0.274 e. The number of pyridine rings is 1. The Labute approximate surface area is 202 Å². The molecule has 3 aromatic rings. The van der Waals surface area contributed by atoms with Crippen molar-refractivity contribution in [3.05, 3.63) is 46.5 Å². The summed E-state index contributed by atoms with van der Waals surface area (Å²) in [6.07, 6.45) is 8.09. The van der Waals surface area contributed by atoms with Crippen molar-refractivity contribution in [1.29, 1.82) is 0 Å². The summed E-state index contributed by atoms with van der Waals surface area (Å²) in [4.78, 5) is 30.8. The number of aromatic nitrogens is 4. The molecule has 2 saturated carbocycles. The van der Waals surface area contributed by atoms with Crippen molar-refractivity contribution in [2.24, 2.45) is 0 Å². The van der Waals surface area contributed by atoms with Gasteiger partial charge in [0.05, 0.1) is 24.4 Å². The van der Waals surface area contributed by atoms with Gasteiger partial charge in [0.2, 0.25) is 0 Å². The predicted molar refractivity (Wildman–Crippen MR) is 131 cm³/mol. The van der Waals surface area contributed by atoms with Gasteiger partial charge in [-0.3, -0.25) is 9.59 Å². The van der Waals surface area contributed by atoms with Gasteiger partial charge in [0.25, 0.3) is 11.5 Å². The van der Waals surface area contributed by atoms with Crippen molar-refractivity contribution in [3.8, 4) is 0 Å². The molecule has 11 nitrogen and oxygen atoms in total. The second kappa shape index (κ2) is 9.67. The second-order valence-electron chi connectivity index (χ2n) is 9.23. The molecule has 0 saturated heterocycles. The van der Waals surface area contributed by atoms with E-state index < -0.39 is 6.10 Å². The molecule has 0 aliphatic heterocycles. The molecule has 0 bridgehead atoms. The zero-order valence-electron chi connectivity index (χ0n) is 19.9. The topological polar surface area (TPSA) is 135 Å². The van der Waals surface area contributed by atoms with Gasteiger partial charge < -0.3 is 30.4 Å². The van der Waals surface area contributed by atoms with Crippen molar-refractivity contribution in [2.75, 3.05) is 24.8 Å². The van der Waals surface area contributed by atoms with Crippen LogP contribution in [0.3, 0.4) is 0 Å². The number of anilines is 3. The lowest BCUT2D eigenvalue weighted by Gasteiger charge is -2.32. The number of carbonyl (C=O) groups excluding carboxylic acids is 1. The lowest BCUT2D eigenvalue weighted by atomic mass is 9.89. The van der Waals surface area contributed by atoms with Crippen LogP contribution in [0.15, 0.2) is 35.4 Å². The number of hydrogen-bond acceptors (Lipinski definition) is 8. The minimum Gasteiger partial charge on any atom is -0.391 e. The minimum atomic E-state index is -0.526. The van der Waals surface area contributed by atoms with Crippen LogP contribution in [0.25, 0.3) is 5.65 Å². The molecule has 11 heteroatoms. The van der Waals surface area contributed by atoms with Gasteiger partial charge in [-0.2, -0.15) is 9.61 Å². The molecule has 0 spiro atoms. The van der Waals surface area contributed by atoms with Gasteiger partial charge in [-0.05, 0) is 50.7 Å². The van der Waals surface area contributed by atoms with Gasteiger partial charge in [-0.15, -0.1) is 0 Å². The number of hydrogen-bond donors (Lipinski definition) is 4. The Bertz CT molecular complexity index is 1290. The quantitative estimate of drug-likeness (QED) is 0.403. The lowest BCUT2D eigenvalue weighted by molar-refractivity contribution is 0.0448. The highest BCUT2D eigenvalue weighted by molar-refractivity contribution is 6.00. The van der Waals surface area contributed by atoms with Gasteiger partial charge in [0, 0.05) is 32.5 Å². The van der Waals surface area contributed by atoms with Crippen LogP contribution in [0.1, 0.15) is 54.9 Å². The molecule has 186 valence electrons. The molecule has 2 fully saturated rings. The van der Waals surface area contributed by atoms with Crippen LogP contribution in [0, 0.1) is 0 Å². The summed E-state index contributed by atoms with van der Waals surface area (Å²) < 4.78 is 8.84. The van der Waals surface area contributed by atoms with Crippen LogP contribution in [0.2, 0.25) is 0 Å². The zero-order valence-corrected chi connectivity index (χ0v) is 19.9. The molecule has 0 aromatic carbocycles. The highest BCUT2D eigenvalue weighted by Crippen LogP contribution is 2.29. The maximum atomic E-state index is 13.3. The van der Waals surface area contributed by atoms with Crippen molar-refractivity contribution >= 4 is 28.9 Å². The summed E-state index contributed by atoms with van der Waals surface area (Å²) in [5.41, 5.74) is 0.904. The highest BCUT2D eigenvalue weighted by Gasteiger charge is 2.31. The molecule has 4 N–H and O–H groups in total. The van der Waals surface area contributed by atoms with Gasteiger partial charge >= 0.3 is 0 Å². The van der Waals surface area contributed by atoms with E-state index in [4.69, 9.17) is 4.74 Å². The zero-order chi connectivity index (χ0) is 24.5. The Morgan fingerprint density at radius 3 is 2.83 bits per heavy atom. The van der Waals surface area contributed by atoms with Crippen LogP contribution in [-0.2, 0) is 4.74 Å². The highest BCUT2D eigenvalue weighted by atomic mass is 16.5. The fourth-order valence-electron chi connectivity index (χ4n) is 4.88. The predicted octanol–water partition coefficient (Wildman–Crippen LogP) is 2.06. The largest absolute Gasteiger partial charge is 0.391 e. The van der Waals surface area contributed by atoms with E-state index in [-0.39, 0.29) is 29.7 Å². The number of methoxy groups -OCH3 is 1. The molecule has 2 aliphatic carbocycles. The Hall–Kier alpha value is -3.44. The minimum absolute atomic E-state index is 0.0817. The molecule has 3 heterocycles. The van der Waals surface area contributed by atoms with Crippen molar-refractivity contribution in [3.63, 3.8) is 0 Å². The number of nitrogens with one attached hydrogen (secondary N) is 3. The van der Waals surface area contributed by atoms with E-state index in [0.717, 1.165) is 32.1 Å². The molecular formula is C24H31N7O4. The Kier molecular flexibility index (Phi) is 6.44. The summed E-state index contributed by atoms with van der Waals surface area (Å²) in [5.74, 6) is 0.669. The van der Waals surface area contributed by atoms with Crippen LogP contribution in [0.5, 0.6) is 0 Å². The SMILES string of the molecule is CNc1cc(Nc2cccn([C@H]3CCC[C@@H](OC)C3)c2=O)nc2c(C(=O)NC3CC[C@H]3O)cnn12. The first-order valence-corrected chi connectivity index (χ1v) is 12.0. The monoisotopic (exact) mass is 481 g/mol. The van der Waals surface area contributed by atoms with Gasteiger partial charge in [-0.1, -0.05) is 0 Å². The third-order valence-corrected chi connectivity index (χ3v) is 7.09. The summed E-state index contributed by atoms with van der Waals surface area (Å²) in [6.45, 7) is 0. The first-order valence-electron chi connectivity index (χ1n) is 12.0. The van der Waals surface area contributed by atoms with Crippen LogP contribution < -0.4 is 21.5 Å². The molecule has 1 amide bonds. The van der Waals surface area contributed by atoms with Crippen LogP contribution in [0.4, 0.5) is 17.3 Å². The number of amides is 1. The molecule has 3 aromatic heterocycles. The summed E-state index contributed by atoms with van der Waals surface area (Å²) in [5, 5.41) is 23.2. The summed E-state index contributed by atoms with van der Waals surface area (Å²) >= 11 is 0. The molecule has 2 aliphatic rings. The smallest absolute Gasteiger partial charge is 0.274 e. The number of ether oxygens (including phenoxy) is 1. The summed E-state index contributed by atoms with van der Waals surface area (Å²) in [7, 11) is 3.46. The van der Waals surface area contributed by atoms with Gasteiger partial charge in [0.1, 0.15) is 22.9 Å². The maximum absolute atomic E-state index is 13.3. The standard InChI is InChI=1S/C24H31N7O4/c1-25-21-12-20(29-22-16(13-26-31(21)22)23(33)28-17-8-9-19(17)32)27-18-7-4-10-30(24(18)34)14-5-3-6-15(11-14)35-2/h4,7,10,12-15,17,19,25,32H,3,5-6,8-9,11H2,1-2H3,(H,27,29)(H,28,33)/t14-,15+,17?,19+/m0/s1. The van der Waals surface area contributed by atoms with E-state index in [1.807, 2.05) is 12.3 Å². The number of rotatable bonds is 7. The molecule has 0 radical (unpaired) electrons. The molecule has 1 unspecified atom stereocenters. The number of carbonyl (C=O) groups is 1. The Balaban J connectivity index is 1.44. The fraction of sp³-hybridized carbons (Fsp3) is 0.500. The molecule has 35 heavy (non-hydrogen) atoms.